The van der Waals surface area contributed by atoms with Crippen LogP contribution in [0.4, 0.5) is 0 Å². The van der Waals surface area contributed by atoms with Crippen molar-refractivity contribution in [2.45, 2.75) is 37.8 Å². The van der Waals surface area contributed by atoms with Crippen LogP contribution in [0.5, 0.6) is 11.5 Å². The van der Waals surface area contributed by atoms with Gasteiger partial charge in [0, 0.05) is 19.2 Å². The number of carbonyl (C=O) groups is 1. The molecule has 2 fully saturated rings. The fourth-order valence-electron chi connectivity index (χ4n) is 4.08. The van der Waals surface area contributed by atoms with Gasteiger partial charge in [0.1, 0.15) is 0 Å². The first-order valence-corrected chi connectivity index (χ1v) is 9.66. The Bertz CT molecular complexity index is 890. The Hall–Kier alpha value is -2.54. The Morgan fingerprint density at radius 3 is 2.68 bits per heavy atom. The minimum Gasteiger partial charge on any atom is -0.493 e. The quantitative estimate of drug-likeness (QED) is 0.828. The molecule has 7 heteroatoms. The van der Waals surface area contributed by atoms with Gasteiger partial charge in [0.2, 0.25) is 0 Å². The molecule has 2 aromatic rings. The number of benzene rings is 1. The van der Waals surface area contributed by atoms with Crippen molar-refractivity contribution in [2.75, 3.05) is 20.8 Å². The zero-order valence-corrected chi connectivity index (χ0v) is 16.8. The van der Waals surface area contributed by atoms with Crippen LogP contribution in [0.25, 0.3) is 11.3 Å². The second-order valence-electron chi connectivity index (χ2n) is 7.86. The molecule has 2 aliphatic rings. The average molecular weight is 385 g/mol. The summed E-state index contributed by atoms with van der Waals surface area (Å²) in [6, 6.07) is 7.46. The Morgan fingerprint density at radius 1 is 1.25 bits per heavy atom. The molecule has 1 saturated heterocycles. The normalized spacial score (nSPS) is 24.2. The van der Waals surface area contributed by atoms with Gasteiger partial charge < -0.3 is 19.5 Å². The third kappa shape index (κ3) is 3.35. The minimum absolute atomic E-state index is 0.102. The number of hydrogen-bond donors (Lipinski definition) is 1. The van der Waals surface area contributed by atoms with Gasteiger partial charge in [-0.15, -0.1) is 0 Å². The molecule has 4 rings (SSSR count). The minimum atomic E-state index is -0.334. The van der Waals surface area contributed by atoms with Crippen LogP contribution >= 0.6 is 0 Å². The maximum atomic E-state index is 12.9. The van der Waals surface area contributed by atoms with Crippen molar-refractivity contribution in [3.63, 3.8) is 0 Å². The summed E-state index contributed by atoms with van der Waals surface area (Å²) in [7, 11) is 5.03. The highest BCUT2D eigenvalue weighted by atomic mass is 16.5. The number of ether oxygens (including phenoxy) is 3. The van der Waals surface area contributed by atoms with Gasteiger partial charge in [-0.1, -0.05) is 0 Å². The van der Waals surface area contributed by atoms with Crippen molar-refractivity contribution in [3.05, 3.63) is 30.0 Å². The number of hydrogen-bond acceptors (Lipinski definition) is 5. The van der Waals surface area contributed by atoms with Crippen molar-refractivity contribution in [2.24, 2.45) is 13.0 Å². The van der Waals surface area contributed by atoms with Crippen LogP contribution in [0, 0.1) is 5.92 Å². The highest BCUT2D eigenvalue weighted by Gasteiger charge is 2.49. The number of nitrogens with one attached hydrogen (secondary N) is 1. The maximum absolute atomic E-state index is 12.9. The fourth-order valence-corrected chi connectivity index (χ4v) is 4.08. The number of rotatable bonds is 6. The van der Waals surface area contributed by atoms with Crippen LogP contribution in [0.1, 0.15) is 36.7 Å². The molecule has 1 aliphatic heterocycles. The molecule has 150 valence electrons. The standard InChI is InChI=1S/C21H27N3O4/c1-21(9-10-28-19(21)13-5-6-13)22-20(25)15-12-16(24(2)23-15)14-7-8-17(26-3)18(11-14)27-4/h7-8,11-13,19H,5-6,9-10H2,1-4H3,(H,22,25). The zero-order valence-electron chi connectivity index (χ0n) is 16.8. The zero-order chi connectivity index (χ0) is 19.9. The average Bonchev–Trinajstić information content (AvgIpc) is 3.34. The molecule has 0 bridgehead atoms. The number of amides is 1. The van der Waals surface area contributed by atoms with E-state index in [4.69, 9.17) is 14.2 Å². The highest BCUT2D eigenvalue weighted by molar-refractivity contribution is 5.94. The molecule has 0 spiro atoms. The van der Waals surface area contributed by atoms with E-state index in [1.54, 1.807) is 18.9 Å². The predicted molar refractivity (Wildman–Crippen MR) is 105 cm³/mol. The third-order valence-electron chi connectivity index (χ3n) is 5.79. The van der Waals surface area contributed by atoms with E-state index in [9.17, 15) is 4.79 Å². The van der Waals surface area contributed by atoms with E-state index in [2.05, 4.69) is 17.3 Å². The van der Waals surface area contributed by atoms with E-state index in [1.807, 2.05) is 31.3 Å². The second-order valence-corrected chi connectivity index (χ2v) is 7.86. The number of aryl methyl sites for hydroxylation is 1. The van der Waals surface area contributed by atoms with Gasteiger partial charge >= 0.3 is 0 Å². The lowest BCUT2D eigenvalue weighted by molar-refractivity contribution is 0.0512. The van der Waals surface area contributed by atoms with Gasteiger partial charge in [0.15, 0.2) is 17.2 Å². The lowest BCUT2D eigenvalue weighted by atomic mass is 9.90. The lowest BCUT2D eigenvalue weighted by Gasteiger charge is -2.31. The van der Waals surface area contributed by atoms with Crippen LogP contribution in [0.3, 0.4) is 0 Å². The van der Waals surface area contributed by atoms with Crippen molar-refractivity contribution in [1.29, 1.82) is 0 Å². The number of aromatic nitrogens is 2. The molecule has 2 atom stereocenters. The summed E-state index contributed by atoms with van der Waals surface area (Å²) < 4.78 is 18.3. The molecule has 1 amide bonds. The molecular formula is C21H27N3O4. The van der Waals surface area contributed by atoms with Crippen LogP contribution < -0.4 is 14.8 Å². The summed E-state index contributed by atoms with van der Waals surface area (Å²) in [5.74, 6) is 1.70. The molecule has 7 nitrogen and oxygen atoms in total. The Kier molecular flexibility index (Phi) is 4.79. The summed E-state index contributed by atoms with van der Waals surface area (Å²) in [5, 5.41) is 7.63. The third-order valence-corrected chi connectivity index (χ3v) is 5.79. The van der Waals surface area contributed by atoms with Gasteiger partial charge in [-0.2, -0.15) is 5.10 Å². The molecule has 2 unspecified atom stereocenters. The fraction of sp³-hybridized carbons (Fsp3) is 0.524. The van der Waals surface area contributed by atoms with E-state index in [0.29, 0.717) is 29.7 Å². The Labute approximate surface area is 165 Å². The van der Waals surface area contributed by atoms with Crippen molar-refractivity contribution in [3.8, 4) is 22.8 Å². The SMILES string of the molecule is COc1ccc(-c2cc(C(=O)NC3(C)CCOC3C3CC3)nn2C)cc1OC. The van der Waals surface area contributed by atoms with Crippen LogP contribution in [0.2, 0.25) is 0 Å². The Balaban J connectivity index is 1.56. The van der Waals surface area contributed by atoms with E-state index >= 15 is 0 Å². The second kappa shape index (κ2) is 7.13. The van der Waals surface area contributed by atoms with E-state index in [1.165, 1.54) is 12.8 Å². The van der Waals surface area contributed by atoms with E-state index in [-0.39, 0.29) is 17.6 Å². The van der Waals surface area contributed by atoms with E-state index < -0.39 is 0 Å². The van der Waals surface area contributed by atoms with Crippen molar-refractivity contribution in [1.82, 2.24) is 15.1 Å². The van der Waals surface area contributed by atoms with Crippen LogP contribution in [-0.2, 0) is 11.8 Å². The van der Waals surface area contributed by atoms with Gasteiger partial charge in [0.05, 0.1) is 31.6 Å². The monoisotopic (exact) mass is 385 g/mol. The largest absolute Gasteiger partial charge is 0.493 e. The summed E-state index contributed by atoms with van der Waals surface area (Å²) in [4.78, 5) is 12.9. The molecule has 28 heavy (non-hydrogen) atoms. The first kappa shape index (κ1) is 18.8. The molecule has 1 saturated carbocycles. The Morgan fingerprint density at radius 2 is 2.00 bits per heavy atom. The van der Waals surface area contributed by atoms with E-state index in [0.717, 1.165) is 17.7 Å². The maximum Gasteiger partial charge on any atom is 0.272 e. The number of nitrogens with zero attached hydrogens (tertiary/aromatic N) is 2. The first-order chi connectivity index (χ1) is 13.4. The van der Waals surface area contributed by atoms with Gasteiger partial charge in [-0.05, 0) is 56.4 Å². The van der Waals surface area contributed by atoms with Crippen LogP contribution in [-0.4, -0.2) is 48.2 Å². The lowest BCUT2D eigenvalue weighted by Crippen LogP contribution is -2.52. The highest BCUT2D eigenvalue weighted by Crippen LogP contribution is 2.43. The van der Waals surface area contributed by atoms with Gasteiger partial charge in [-0.25, -0.2) is 0 Å². The smallest absolute Gasteiger partial charge is 0.272 e. The summed E-state index contributed by atoms with van der Waals surface area (Å²) in [6.07, 6.45) is 3.30. The molecule has 2 heterocycles. The van der Waals surface area contributed by atoms with Gasteiger partial charge in [-0.3, -0.25) is 9.48 Å². The van der Waals surface area contributed by atoms with Crippen LogP contribution in [0.15, 0.2) is 24.3 Å². The predicted octanol–water partition coefficient (Wildman–Crippen LogP) is 2.79. The summed E-state index contributed by atoms with van der Waals surface area (Å²) >= 11 is 0. The van der Waals surface area contributed by atoms with Crippen molar-refractivity contribution < 1.29 is 19.0 Å². The molecular weight excluding hydrogens is 358 g/mol. The summed E-state index contributed by atoms with van der Waals surface area (Å²) in [6.45, 7) is 2.77. The first-order valence-electron chi connectivity index (χ1n) is 9.66. The molecule has 1 aromatic heterocycles. The summed E-state index contributed by atoms with van der Waals surface area (Å²) in [5.41, 5.74) is 1.80. The molecule has 1 aromatic carbocycles. The number of methoxy groups -OCH3 is 2. The molecule has 0 radical (unpaired) electrons. The number of carbonyl (C=O) groups excluding carboxylic acids is 1. The topological polar surface area (TPSA) is 74.6 Å². The molecule has 1 N–H and O–H groups in total. The molecule has 1 aliphatic carbocycles. The van der Waals surface area contributed by atoms with Crippen molar-refractivity contribution >= 4 is 5.91 Å². The van der Waals surface area contributed by atoms with Gasteiger partial charge in [0.25, 0.3) is 5.91 Å².